The van der Waals surface area contributed by atoms with Crippen LogP contribution in [-0.2, 0) is 13.1 Å². The minimum atomic E-state index is 0. The summed E-state index contributed by atoms with van der Waals surface area (Å²) < 4.78 is 1.92. The molecule has 0 saturated heterocycles. The van der Waals surface area contributed by atoms with Gasteiger partial charge in [-0.15, -0.1) is 24.0 Å². The lowest BCUT2D eigenvalue weighted by Crippen LogP contribution is -2.34. The lowest BCUT2D eigenvalue weighted by molar-refractivity contribution is 0.678. The number of nitrogens with zero attached hydrogens (tertiary/aromatic N) is 3. The Morgan fingerprint density at radius 2 is 2.00 bits per heavy atom. The average molecular weight is 385 g/mol. The van der Waals surface area contributed by atoms with E-state index in [1.807, 2.05) is 30.1 Å². The molecule has 0 spiro atoms. The van der Waals surface area contributed by atoms with Gasteiger partial charge in [-0.2, -0.15) is 5.10 Å². The molecule has 0 fully saturated rings. The molecule has 0 bridgehead atoms. The summed E-state index contributed by atoms with van der Waals surface area (Å²) in [6.45, 7) is 1.52. The molecule has 0 unspecified atom stereocenters. The molecule has 0 amide bonds. The van der Waals surface area contributed by atoms with Gasteiger partial charge < -0.3 is 10.6 Å². The van der Waals surface area contributed by atoms with Crippen LogP contribution in [0.2, 0.25) is 0 Å². The third-order valence-electron chi connectivity index (χ3n) is 2.92. The van der Waals surface area contributed by atoms with Gasteiger partial charge >= 0.3 is 0 Å². The minimum Gasteiger partial charge on any atom is -0.359 e. The van der Waals surface area contributed by atoms with Crippen molar-refractivity contribution in [1.82, 2.24) is 20.4 Å². The molecular formula is C14H20IN5. The van der Waals surface area contributed by atoms with Gasteiger partial charge in [0.05, 0.1) is 6.54 Å². The number of aromatic nitrogens is 2. The summed E-state index contributed by atoms with van der Waals surface area (Å²) in [5, 5.41) is 10.5. The Morgan fingerprint density at radius 3 is 2.60 bits per heavy atom. The van der Waals surface area contributed by atoms with Crippen LogP contribution in [0.5, 0.6) is 0 Å². The lowest BCUT2D eigenvalue weighted by Gasteiger charge is -2.12. The van der Waals surface area contributed by atoms with Crippen molar-refractivity contribution in [2.45, 2.75) is 13.1 Å². The fourth-order valence-corrected chi connectivity index (χ4v) is 1.91. The van der Waals surface area contributed by atoms with Crippen LogP contribution in [0, 0.1) is 0 Å². The van der Waals surface area contributed by atoms with Gasteiger partial charge in [-0.05, 0) is 17.2 Å². The summed E-state index contributed by atoms with van der Waals surface area (Å²) in [6, 6.07) is 10.3. The molecule has 0 aliphatic carbocycles. The maximum absolute atomic E-state index is 4.24. The Hall–Kier alpha value is -1.57. The van der Waals surface area contributed by atoms with Gasteiger partial charge in [-0.1, -0.05) is 24.3 Å². The molecule has 20 heavy (non-hydrogen) atoms. The summed E-state index contributed by atoms with van der Waals surface area (Å²) in [4.78, 5) is 4.10. The van der Waals surface area contributed by atoms with Crippen LogP contribution in [-0.4, -0.2) is 29.8 Å². The van der Waals surface area contributed by atoms with Crippen LogP contribution in [0.1, 0.15) is 11.1 Å². The molecule has 0 atom stereocenters. The van der Waals surface area contributed by atoms with Crippen molar-refractivity contribution in [2.75, 3.05) is 14.1 Å². The van der Waals surface area contributed by atoms with E-state index in [0.29, 0.717) is 0 Å². The first-order valence-corrected chi connectivity index (χ1v) is 6.26. The number of rotatable bonds is 4. The lowest BCUT2D eigenvalue weighted by atomic mass is 10.1. The van der Waals surface area contributed by atoms with E-state index in [0.717, 1.165) is 19.0 Å². The number of hydrogen-bond donors (Lipinski definition) is 2. The first-order valence-electron chi connectivity index (χ1n) is 6.26. The SMILES string of the molecule is CN=C(NC)NCc1ccccc1Cn1cccn1.I. The van der Waals surface area contributed by atoms with E-state index in [-0.39, 0.29) is 24.0 Å². The second kappa shape index (κ2) is 8.57. The highest BCUT2D eigenvalue weighted by Crippen LogP contribution is 2.10. The Labute approximate surface area is 136 Å². The Morgan fingerprint density at radius 1 is 1.25 bits per heavy atom. The predicted octanol–water partition coefficient (Wildman–Crippen LogP) is 1.84. The number of hydrogen-bond acceptors (Lipinski definition) is 2. The summed E-state index contributed by atoms with van der Waals surface area (Å²) in [7, 11) is 3.61. The van der Waals surface area contributed by atoms with Crippen molar-refractivity contribution in [1.29, 1.82) is 0 Å². The number of aliphatic imine (C=N–C) groups is 1. The molecule has 108 valence electrons. The van der Waals surface area contributed by atoms with Crippen molar-refractivity contribution in [3.05, 3.63) is 53.9 Å². The fraction of sp³-hybridized carbons (Fsp3) is 0.286. The molecule has 0 saturated carbocycles. The van der Waals surface area contributed by atoms with Gasteiger partial charge in [0, 0.05) is 33.0 Å². The van der Waals surface area contributed by atoms with E-state index in [4.69, 9.17) is 0 Å². The molecule has 0 radical (unpaired) electrons. The molecule has 6 heteroatoms. The third kappa shape index (κ3) is 4.52. The van der Waals surface area contributed by atoms with Crippen molar-refractivity contribution in [3.8, 4) is 0 Å². The van der Waals surface area contributed by atoms with Crippen LogP contribution in [0.15, 0.2) is 47.7 Å². The molecule has 2 rings (SSSR count). The van der Waals surface area contributed by atoms with Crippen LogP contribution < -0.4 is 10.6 Å². The summed E-state index contributed by atoms with van der Waals surface area (Å²) >= 11 is 0. The number of benzene rings is 1. The zero-order chi connectivity index (χ0) is 13.5. The van der Waals surface area contributed by atoms with Crippen molar-refractivity contribution in [2.24, 2.45) is 4.99 Å². The maximum atomic E-state index is 4.24. The van der Waals surface area contributed by atoms with Gasteiger partial charge in [0.25, 0.3) is 0 Å². The predicted molar refractivity (Wildman–Crippen MR) is 92.4 cm³/mol. The number of guanidine groups is 1. The molecule has 2 aromatic rings. The molecule has 0 aliphatic rings. The first-order chi connectivity index (χ1) is 9.33. The third-order valence-corrected chi connectivity index (χ3v) is 2.92. The second-order valence-electron chi connectivity index (χ2n) is 4.15. The van der Waals surface area contributed by atoms with Gasteiger partial charge in [0.15, 0.2) is 5.96 Å². The smallest absolute Gasteiger partial charge is 0.190 e. The maximum Gasteiger partial charge on any atom is 0.190 e. The largest absolute Gasteiger partial charge is 0.359 e. The van der Waals surface area contributed by atoms with E-state index in [1.165, 1.54) is 11.1 Å². The fourth-order valence-electron chi connectivity index (χ4n) is 1.91. The van der Waals surface area contributed by atoms with Crippen molar-refractivity contribution in [3.63, 3.8) is 0 Å². The number of nitrogens with one attached hydrogen (secondary N) is 2. The highest BCUT2D eigenvalue weighted by molar-refractivity contribution is 14.0. The highest BCUT2D eigenvalue weighted by atomic mass is 127. The van der Waals surface area contributed by atoms with Crippen molar-refractivity contribution >= 4 is 29.9 Å². The normalized spacial score (nSPS) is 10.8. The Bertz CT molecular complexity index is 536. The molecule has 5 nitrogen and oxygen atoms in total. The molecular weight excluding hydrogens is 365 g/mol. The molecule has 1 aromatic heterocycles. The van der Waals surface area contributed by atoms with Crippen LogP contribution in [0.25, 0.3) is 0 Å². The Balaban J connectivity index is 0.00000200. The van der Waals surface area contributed by atoms with Gasteiger partial charge in [-0.3, -0.25) is 9.67 Å². The van der Waals surface area contributed by atoms with Crippen LogP contribution in [0.4, 0.5) is 0 Å². The van der Waals surface area contributed by atoms with E-state index in [9.17, 15) is 0 Å². The van der Waals surface area contributed by atoms with E-state index >= 15 is 0 Å². The Kier molecular flexibility index (Phi) is 7.06. The molecule has 0 aliphatic heterocycles. The van der Waals surface area contributed by atoms with Gasteiger partial charge in [-0.25, -0.2) is 0 Å². The van der Waals surface area contributed by atoms with Gasteiger partial charge in [0.1, 0.15) is 0 Å². The summed E-state index contributed by atoms with van der Waals surface area (Å²) in [5.74, 6) is 0.786. The van der Waals surface area contributed by atoms with E-state index in [1.54, 1.807) is 13.2 Å². The second-order valence-corrected chi connectivity index (χ2v) is 4.15. The average Bonchev–Trinajstić information content (AvgIpc) is 2.94. The highest BCUT2D eigenvalue weighted by Gasteiger charge is 2.03. The summed E-state index contributed by atoms with van der Waals surface area (Å²) in [6.07, 6.45) is 3.76. The summed E-state index contributed by atoms with van der Waals surface area (Å²) in [5.41, 5.74) is 2.50. The van der Waals surface area contributed by atoms with Crippen LogP contribution >= 0.6 is 24.0 Å². The first kappa shape index (κ1) is 16.5. The topological polar surface area (TPSA) is 54.2 Å². The molecule has 1 aromatic carbocycles. The van der Waals surface area contributed by atoms with E-state index < -0.39 is 0 Å². The van der Waals surface area contributed by atoms with Crippen molar-refractivity contribution < 1.29 is 0 Å². The molecule has 2 N–H and O–H groups in total. The zero-order valence-electron chi connectivity index (χ0n) is 11.7. The quantitative estimate of drug-likeness (QED) is 0.480. The standard InChI is InChI=1S/C14H19N5.HI/c1-15-14(16-2)17-10-12-6-3-4-7-13(12)11-19-9-5-8-18-19;/h3-9H,10-11H2,1-2H3,(H2,15,16,17);1H. The van der Waals surface area contributed by atoms with Gasteiger partial charge in [0.2, 0.25) is 0 Å². The van der Waals surface area contributed by atoms with E-state index in [2.05, 4.69) is 38.9 Å². The minimum absolute atomic E-state index is 0. The van der Waals surface area contributed by atoms with Crippen LogP contribution in [0.3, 0.4) is 0 Å². The zero-order valence-corrected chi connectivity index (χ0v) is 14.0. The number of halogens is 1. The molecule has 1 heterocycles. The monoisotopic (exact) mass is 385 g/mol.